The van der Waals surface area contributed by atoms with Gasteiger partial charge in [0.2, 0.25) is 0 Å². The molecule has 4 nitrogen and oxygen atoms in total. The van der Waals surface area contributed by atoms with Crippen LogP contribution in [0.2, 0.25) is 0 Å². The molecule has 1 aliphatic rings. The maximum absolute atomic E-state index is 5.68. The number of ether oxygens (including phenoxy) is 1. The lowest BCUT2D eigenvalue weighted by Gasteiger charge is -2.32. The predicted molar refractivity (Wildman–Crippen MR) is 73.7 cm³/mol. The van der Waals surface area contributed by atoms with Gasteiger partial charge in [-0.2, -0.15) is 0 Å². The first-order valence-corrected chi connectivity index (χ1v) is 6.84. The molecule has 0 bridgehead atoms. The molecule has 1 aliphatic heterocycles. The molecule has 0 spiro atoms. The van der Waals surface area contributed by atoms with Crippen LogP contribution < -0.4 is 5.32 Å². The van der Waals surface area contributed by atoms with E-state index in [-0.39, 0.29) is 0 Å². The highest BCUT2D eigenvalue weighted by Crippen LogP contribution is 2.13. The summed E-state index contributed by atoms with van der Waals surface area (Å²) in [4.78, 5) is 6.85. The number of hydrogen-bond acceptors (Lipinski definition) is 4. The number of anilines is 1. The number of aromatic nitrogens is 1. The summed E-state index contributed by atoms with van der Waals surface area (Å²) in [6.07, 6.45) is 3.45. The maximum Gasteiger partial charge on any atom is 0.125 e. The second-order valence-corrected chi connectivity index (χ2v) is 4.72. The van der Waals surface area contributed by atoms with Crippen molar-refractivity contribution in [2.75, 3.05) is 31.6 Å². The van der Waals surface area contributed by atoms with Gasteiger partial charge in [0.05, 0.1) is 12.7 Å². The summed E-state index contributed by atoms with van der Waals surface area (Å²) in [5.74, 6) is 0.953. The molecule has 0 aliphatic carbocycles. The summed E-state index contributed by atoms with van der Waals surface area (Å²) < 4.78 is 5.68. The van der Waals surface area contributed by atoms with Crippen LogP contribution in [0, 0.1) is 0 Å². The fraction of sp³-hybridized carbons (Fsp3) is 0.643. The Morgan fingerprint density at radius 2 is 2.33 bits per heavy atom. The molecule has 1 atom stereocenters. The molecule has 0 radical (unpaired) electrons. The van der Waals surface area contributed by atoms with Crippen LogP contribution in [0.15, 0.2) is 18.3 Å². The van der Waals surface area contributed by atoms with Crippen molar-refractivity contribution in [3.63, 3.8) is 0 Å². The lowest BCUT2D eigenvalue weighted by atomic mass is 10.2. The van der Waals surface area contributed by atoms with E-state index in [1.54, 1.807) is 0 Å². The van der Waals surface area contributed by atoms with Gasteiger partial charge >= 0.3 is 0 Å². The van der Waals surface area contributed by atoms with E-state index in [4.69, 9.17) is 4.74 Å². The number of nitrogens with zero attached hydrogens (tertiary/aromatic N) is 2. The summed E-state index contributed by atoms with van der Waals surface area (Å²) in [5.41, 5.74) is 1.27. The lowest BCUT2D eigenvalue weighted by molar-refractivity contribution is -0.0324. The minimum absolute atomic E-state index is 0.396. The molecule has 1 aromatic rings. The fourth-order valence-corrected chi connectivity index (χ4v) is 2.23. The van der Waals surface area contributed by atoms with Crippen molar-refractivity contribution < 1.29 is 4.74 Å². The van der Waals surface area contributed by atoms with E-state index in [0.29, 0.717) is 6.10 Å². The molecule has 100 valence electrons. The first kappa shape index (κ1) is 13.3. The van der Waals surface area contributed by atoms with E-state index in [1.807, 2.05) is 6.20 Å². The summed E-state index contributed by atoms with van der Waals surface area (Å²) in [6.45, 7) is 9.04. The Morgan fingerprint density at radius 3 is 3.00 bits per heavy atom. The van der Waals surface area contributed by atoms with Gasteiger partial charge in [0.15, 0.2) is 0 Å². The predicted octanol–water partition coefficient (Wildman–Crippen LogP) is 2.12. The van der Waals surface area contributed by atoms with Crippen molar-refractivity contribution in [1.29, 1.82) is 0 Å². The van der Waals surface area contributed by atoms with Gasteiger partial charge in [-0.05, 0) is 25.0 Å². The molecule has 1 N–H and O–H groups in total. The Bertz CT molecular complexity index is 353. The molecular weight excluding hydrogens is 226 g/mol. The lowest BCUT2D eigenvalue weighted by Crippen LogP contribution is -2.41. The number of morpholine rings is 1. The van der Waals surface area contributed by atoms with Gasteiger partial charge < -0.3 is 10.1 Å². The minimum atomic E-state index is 0.396. The Morgan fingerprint density at radius 1 is 1.44 bits per heavy atom. The van der Waals surface area contributed by atoms with Crippen LogP contribution in [-0.2, 0) is 11.3 Å². The van der Waals surface area contributed by atoms with Crippen molar-refractivity contribution in [2.45, 2.75) is 32.9 Å². The van der Waals surface area contributed by atoms with Crippen LogP contribution in [0.1, 0.15) is 25.8 Å². The van der Waals surface area contributed by atoms with Crippen LogP contribution in [0.4, 0.5) is 5.82 Å². The number of nitrogens with one attached hydrogen (secondary N) is 1. The minimum Gasteiger partial charge on any atom is -0.376 e. The molecular formula is C14H23N3O. The molecule has 1 fully saturated rings. The van der Waals surface area contributed by atoms with Crippen LogP contribution in [0.25, 0.3) is 0 Å². The summed E-state index contributed by atoms with van der Waals surface area (Å²) >= 11 is 0. The largest absolute Gasteiger partial charge is 0.376 e. The summed E-state index contributed by atoms with van der Waals surface area (Å²) in [6, 6.07) is 4.21. The molecule has 4 heteroatoms. The summed E-state index contributed by atoms with van der Waals surface area (Å²) in [5, 5.41) is 3.21. The van der Waals surface area contributed by atoms with Crippen molar-refractivity contribution in [3.05, 3.63) is 23.9 Å². The normalized spacial score (nSPS) is 20.9. The quantitative estimate of drug-likeness (QED) is 0.867. The topological polar surface area (TPSA) is 37.4 Å². The zero-order valence-electron chi connectivity index (χ0n) is 11.4. The SMILES string of the molecule is CCNc1ccc(CN2CCOC(CC)C2)cn1. The molecule has 0 amide bonds. The smallest absolute Gasteiger partial charge is 0.125 e. The molecule has 1 saturated heterocycles. The van der Waals surface area contributed by atoms with Crippen molar-refractivity contribution in [3.8, 4) is 0 Å². The zero-order valence-corrected chi connectivity index (χ0v) is 11.4. The van der Waals surface area contributed by atoms with Crippen LogP contribution in [0.3, 0.4) is 0 Å². The average Bonchev–Trinajstić information content (AvgIpc) is 2.42. The molecule has 2 rings (SSSR count). The third-order valence-corrected chi connectivity index (χ3v) is 3.27. The van der Waals surface area contributed by atoms with E-state index in [0.717, 1.165) is 45.0 Å². The van der Waals surface area contributed by atoms with E-state index < -0.39 is 0 Å². The van der Waals surface area contributed by atoms with Gasteiger partial charge in [-0.1, -0.05) is 13.0 Å². The Kier molecular flexibility index (Phi) is 4.96. The Labute approximate surface area is 109 Å². The number of hydrogen-bond donors (Lipinski definition) is 1. The summed E-state index contributed by atoms with van der Waals surface area (Å²) in [7, 11) is 0. The first-order valence-electron chi connectivity index (χ1n) is 6.84. The van der Waals surface area contributed by atoms with E-state index >= 15 is 0 Å². The molecule has 1 unspecified atom stereocenters. The monoisotopic (exact) mass is 249 g/mol. The van der Waals surface area contributed by atoms with Gasteiger partial charge in [0.1, 0.15) is 5.82 Å². The van der Waals surface area contributed by atoms with Crippen molar-refractivity contribution in [1.82, 2.24) is 9.88 Å². The van der Waals surface area contributed by atoms with E-state index in [1.165, 1.54) is 5.56 Å². The van der Waals surface area contributed by atoms with Gasteiger partial charge in [0.25, 0.3) is 0 Å². The van der Waals surface area contributed by atoms with Gasteiger partial charge in [-0.3, -0.25) is 4.90 Å². The van der Waals surface area contributed by atoms with Crippen LogP contribution >= 0.6 is 0 Å². The maximum atomic E-state index is 5.68. The first-order chi connectivity index (χ1) is 8.81. The van der Waals surface area contributed by atoms with E-state index in [2.05, 4.69) is 41.2 Å². The zero-order chi connectivity index (χ0) is 12.8. The highest BCUT2D eigenvalue weighted by molar-refractivity contribution is 5.35. The standard InChI is InChI=1S/C14H23N3O/c1-3-13-11-17(7-8-18-13)10-12-5-6-14(15-4-2)16-9-12/h5-6,9,13H,3-4,7-8,10-11H2,1-2H3,(H,15,16). The molecule has 18 heavy (non-hydrogen) atoms. The highest BCUT2D eigenvalue weighted by Gasteiger charge is 2.18. The van der Waals surface area contributed by atoms with E-state index in [9.17, 15) is 0 Å². The Hall–Kier alpha value is -1.13. The molecule has 1 aromatic heterocycles. The second kappa shape index (κ2) is 6.71. The molecule has 0 aromatic carbocycles. The number of pyridine rings is 1. The van der Waals surface area contributed by atoms with Gasteiger partial charge in [-0.15, -0.1) is 0 Å². The van der Waals surface area contributed by atoms with Gasteiger partial charge in [0, 0.05) is 32.4 Å². The fourth-order valence-electron chi connectivity index (χ4n) is 2.23. The average molecular weight is 249 g/mol. The van der Waals surface area contributed by atoms with Crippen LogP contribution in [-0.4, -0.2) is 42.2 Å². The van der Waals surface area contributed by atoms with Crippen molar-refractivity contribution in [2.24, 2.45) is 0 Å². The molecule has 0 saturated carbocycles. The van der Waals surface area contributed by atoms with Gasteiger partial charge in [-0.25, -0.2) is 4.98 Å². The third kappa shape index (κ3) is 3.68. The van der Waals surface area contributed by atoms with Crippen molar-refractivity contribution >= 4 is 5.82 Å². The Balaban J connectivity index is 1.88. The highest BCUT2D eigenvalue weighted by atomic mass is 16.5. The second-order valence-electron chi connectivity index (χ2n) is 4.72. The third-order valence-electron chi connectivity index (χ3n) is 3.27. The number of rotatable bonds is 5. The molecule has 2 heterocycles. The van der Waals surface area contributed by atoms with Crippen LogP contribution in [0.5, 0.6) is 0 Å².